The molecule has 0 bridgehead atoms. The highest BCUT2D eigenvalue weighted by Crippen LogP contribution is 2.33. The van der Waals surface area contributed by atoms with Crippen LogP contribution in [0.5, 0.6) is 0 Å². The van der Waals surface area contributed by atoms with Gasteiger partial charge < -0.3 is 26.4 Å². The molecule has 0 saturated heterocycles. The number of thioether (sulfide) groups is 1. The summed E-state index contributed by atoms with van der Waals surface area (Å²) in [4.78, 5) is 52.2. The number of hydrogen-bond acceptors (Lipinski definition) is 6. The third-order valence-corrected chi connectivity index (χ3v) is 8.36. The molecule has 0 radical (unpaired) electrons. The highest BCUT2D eigenvalue weighted by molar-refractivity contribution is 7.98. The molecule has 0 aliphatic rings. The Balaban J connectivity index is 1.72. The number of benzene rings is 3. The molecule has 3 rings (SSSR count). The first-order valence-electron chi connectivity index (χ1n) is 14.9. The summed E-state index contributed by atoms with van der Waals surface area (Å²) in [6, 6.07) is 18.3. The minimum absolute atomic E-state index is 0.0170. The monoisotopic (exact) mass is 686 g/mol. The fourth-order valence-electron chi connectivity index (χ4n) is 4.77. The van der Waals surface area contributed by atoms with Crippen molar-refractivity contribution in [3.63, 3.8) is 0 Å². The van der Waals surface area contributed by atoms with Crippen LogP contribution in [0.3, 0.4) is 0 Å². The molecule has 246 valence electrons. The lowest BCUT2D eigenvalue weighted by molar-refractivity contribution is -0.142. The topological polar surface area (TPSA) is 137 Å². The van der Waals surface area contributed by atoms with Crippen molar-refractivity contribution < 1.29 is 24.3 Å². The number of halogens is 2. The standard InChI is InChI=1S/C34H40Cl2N4O5S/c1-21(2)18-28(33(43)40-29(34(44)45)19-22-10-5-4-6-11-22)39-32(42)27(16-17-46-3)37-30(41)20-23-12-7-8-15-26(23)38-31-24(35)13-9-14-25(31)36/h4-15,21,27-29,38H,16-20H2,1-3H3,(H,37,41)(H,39,42)(H,40,43)(H,44,45)/t27-,28-,29-/m0/s1. The third-order valence-electron chi connectivity index (χ3n) is 7.09. The van der Waals surface area contributed by atoms with Crippen LogP contribution in [-0.2, 0) is 32.0 Å². The van der Waals surface area contributed by atoms with Crippen LogP contribution in [0.1, 0.15) is 37.8 Å². The van der Waals surface area contributed by atoms with E-state index >= 15 is 0 Å². The first-order chi connectivity index (χ1) is 22.0. The van der Waals surface area contributed by atoms with Gasteiger partial charge in [0, 0.05) is 12.1 Å². The van der Waals surface area contributed by atoms with E-state index < -0.39 is 35.9 Å². The molecule has 5 N–H and O–H groups in total. The summed E-state index contributed by atoms with van der Waals surface area (Å²) in [7, 11) is 0. The molecule has 0 saturated carbocycles. The van der Waals surface area contributed by atoms with E-state index in [1.54, 1.807) is 60.7 Å². The predicted octanol–water partition coefficient (Wildman–Crippen LogP) is 5.86. The minimum Gasteiger partial charge on any atom is -0.480 e. The van der Waals surface area contributed by atoms with Crippen LogP contribution < -0.4 is 21.3 Å². The van der Waals surface area contributed by atoms with Crippen molar-refractivity contribution in [3.8, 4) is 0 Å². The van der Waals surface area contributed by atoms with Gasteiger partial charge in [0.2, 0.25) is 17.7 Å². The lowest BCUT2D eigenvalue weighted by atomic mass is 10.0. The van der Waals surface area contributed by atoms with Crippen LogP contribution in [-0.4, -0.2) is 58.9 Å². The molecule has 0 aromatic heterocycles. The number of carboxylic acid groups (broad SMARTS) is 1. The zero-order valence-corrected chi connectivity index (χ0v) is 28.3. The van der Waals surface area contributed by atoms with Gasteiger partial charge in [0.05, 0.1) is 22.2 Å². The van der Waals surface area contributed by atoms with E-state index in [0.717, 1.165) is 5.56 Å². The Morgan fingerprint density at radius 1 is 0.783 bits per heavy atom. The van der Waals surface area contributed by atoms with E-state index in [2.05, 4.69) is 21.3 Å². The molecule has 3 aromatic rings. The molecule has 3 amide bonds. The van der Waals surface area contributed by atoms with Crippen molar-refractivity contribution in [1.82, 2.24) is 16.0 Å². The quantitative estimate of drug-likeness (QED) is 0.120. The Labute approximate surface area is 284 Å². The molecule has 0 unspecified atom stereocenters. The van der Waals surface area contributed by atoms with Crippen molar-refractivity contribution in [1.29, 1.82) is 0 Å². The average molecular weight is 688 g/mol. The van der Waals surface area contributed by atoms with Gasteiger partial charge in [-0.1, -0.05) is 91.6 Å². The number of rotatable bonds is 17. The number of carbonyl (C=O) groups is 4. The van der Waals surface area contributed by atoms with E-state index in [9.17, 15) is 24.3 Å². The number of para-hydroxylation sites is 2. The number of anilines is 2. The molecule has 0 fully saturated rings. The zero-order chi connectivity index (χ0) is 33.6. The number of hydrogen-bond donors (Lipinski definition) is 5. The van der Waals surface area contributed by atoms with E-state index in [-0.39, 0.29) is 31.1 Å². The van der Waals surface area contributed by atoms with Gasteiger partial charge in [-0.3, -0.25) is 14.4 Å². The first-order valence-corrected chi connectivity index (χ1v) is 17.1. The second-order valence-electron chi connectivity index (χ2n) is 11.2. The Kier molecular flexibility index (Phi) is 14.7. The van der Waals surface area contributed by atoms with E-state index in [4.69, 9.17) is 23.2 Å². The molecule has 3 aromatic carbocycles. The molecular formula is C34H40Cl2N4O5S. The van der Waals surface area contributed by atoms with E-state index in [1.807, 2.05) is 32.2 Å². The summed E-state index contributed by atoms with van der Waals surface area (Å²) in [6.07, 6.45) is 2.56. The van der Waals surface area contributed by atoms with Crippen molar-refractivity contribution >= 4 is 70.0 Å². The van der Waals surface area contributed by atoms with Crippen molar-refractivity contribution in [2.45, 2.75) is 57.7 Å². The maximum absolute atomic E-state index is 13.6. The molecular weight excluding hydrogens is 647 g/mol. The average Bonchev–Trinajstić information content (AvgIpc) is 3.01. The molecule has 0 aliphatic carbocycles. The minimum atomic E-state index is -1.18. The predicted molar refractivity (Wildman–Crippen MR) is 186 cm³/mol. The SMILES string of the molecule is CSCC[C@H](NC(=O)Cc1ccccc1Nc1c(Cl)cccc1Cl)C(=O)N[C@@H](CC(C)C)C(=O)N[C@@H](Cc1ccccc1)C(=O)O. The van der Waals surface area contributed by atoms with Gasteiger partial charge in [0.15, 0.2) is 0 Å². The molecule has 0 heterocycles. The molecule has 0 aliphatic heterocycles. The summed E-state index contributed by atoms with van der Waals surface area (Å²) in [5.74, 6) is -2.09. The van der Waals surface area contributed by atoms with Crippen LogP contribution in [0.2, 0.25) is 10.0 Å². The number of carbonyl (C=O) groups excluding carboxylic acids is 3. The van der Waals surface area contributed by atoms with Gasteiger partial charge in [-0.2, -0.15) is 11.8 Å². The van der Waals surface area contributed by atoms with Crippen LogP contribution >= 0.6 is 35.0 Å². The van der Waals surface area contributed by atoms with E-state index in [1.165, 1.54) is 11.8 Å². The lowest BCUT2D eigenvalue weighted by Gasteiger charge is -2.25. The Hall–Kier alpha value is -3.73. The number of aliphatic carboxylic acids is 1. The summed E-state index contributed by atoms with van der Waals surface area (Å²) in [5, 5.41) is 22.1. The van der Waals surface area contributed by atoms with Gasteiger partial charge >= 0.3 is 5.97 Å². The maximum atomic E-state index is 13.6. The lowest BCUT2D eigenvalue weighted by Crippen LogP contribution is -2.56. The van der Waals surface area contributed by atoms with Gasteiger partial charge in [0.1, 0.15) is 18.1 Å². The Bertz CT molecular complexity index is 1470. The first kappa shape index (κ1) is 36.7. The summed E-state index contributed by atoms with van der Waals surface area (Å²) >= 11 is 14.2. The second kappa shape index (κ2) is 18.4. The second-order valence-corrected chi connectivity index (χ2v) is 13.0. The largest absolute Gasteiger partial charge is 0.480 e. The van der Waals surface area contributed by atoms with Gasteiger partial charge in [-0.05, 0) is 60.1 Å². The van der Waals surface area contributed by atoms with Crippen molar-refractivity contribution in [3.05, 3.63) is 94.0 Å². The van der Waals surface area contributed by atoms with Crippen LogP contribution in [0.15, 0.2) is 72.8 Å². The van der Waals surface area contributed by atoms with Crippen molar-refractivity contribution in [2.24, 2.45) is 5.92 Å². The van der Waals surface area contributed by atoms with Crippen LogP contribution in [0.4, 0.5) is 11.4 Å². The number of carboxylic acids is 1. The maximum Gasteiger partial charge on any atom is 0.326 e. The Morgan fingerprint density at radius 3 is 2.02 bits per heavy atom. The van der Waals surface area contributed by atoms with Crippen LogP contribution in [0, 0.1) is 5.92 Å². The van der Waals surface area contributed by atoms with Crippen LogP contribution in [0.25, 0.3) is 0 Å². The summed E-state index contributed by atoms with van der Waals surface area (Å²) in [5.41, 5.74) is 2.57. The normalized spacial score (nSPS) is 12.9. The van der Waals surface area contributed by atoms with Gasteiger partial charge in [-0.15, -0.1) is 0 Å². The van der Waals surface area contributed by atoms with Gasteiger partial charge in [0.25, 0.3) is 0 Å². The highest BCUT2D eigenvalue weighted by atomic mass is 35.5. The fourth-order valence-corrected chi connectivity index (χ4v) is 5.73. The number of amides is 3. The van der Waals surface area contributed by atoms with E-state index in [0.29, 0.717) is 39.2 Å². The molecule has 46 heavy (non-hydrogen) atoms. The smallest absolute Gasteiger partial charge is 0.326 e. The summed E-state index contributed by atoms with van der Waals surface area (Å²) < 4.78 is 0. The fraction of sp³-hybridized carbons (Fsp3) is 0.353. The zero-order valence-electron chi connectivity index (χ0n) is 26.0. The molecule has 3 atom stereocenters. The summed E-state index contributed by atoms with van der Waals surface area (Å²) in [6.45, 7) is 3.80. The third kappa shape index (κ3) is 11.6. The Morgan fingerprint density at radius 2 is 1.39 bits per heavy atom. The number of nitrogens with one attached hydrogen (secondary N) is 4. The van der Waals surface area contributed by atoms with Gasteiger partial charge in [-0.25, -0.2) is 4.79 Å². The highest BCUT2D eigenvalue weighted by Gasteiger charge is 2.30. The molecule has 12 heteroatoms. The van der Waals surface area contributed by atoms with Crippen molar-refractivity contribution in [2.75, 3.05) is 17.3 Å². The molecule has 9 nitrogen and oxygen atoms in total. The molecule has 0 spiro atoms.